The van der Waals surface area contributed by atoms with Crippen LogP contribution in [0.3, 0.4) is 0 Å². The van der Waals surface area contributed by atoms with Gasteiger partial charge in [-0.25, -0.2) is 4.79 Å². The van der Waals surface area contributed by atoms with Crippen molar-refractivity contribution in [3.8, 4) is 11.1 Å². The van der Waals surface area contributed by atoms with Crippen molar-refractivity contribution in [3.05, 3.63) is 89.5 Å². The summed E-state index contributed by atoms with van der Waals surface area (Å²) in [4.78, 5) is 56.8. The van der Waals surface area contributed by atoms with Crippen LogP contribution in [-0.2, 0) is 20.7 Å². The second kappa shape index (κ2) is 17.7. The highest BCUT2D eigenvalue weighted by Crippen LogP contribution is 2.29. The fourth-order valence-corrected chi connectivity index (χ4v) is 6.81. The van der Waals surface area contributed by atoms with Crippen LogP contribution in [0, 0.1) is 17.2 Å². The monoisotopic (exact) mass is 722 g/mol. The van der Waals surface area contributed by atoms with Crippen LogP contribution in [0.1, 0.15) is 74.9 Å². The second-order valence-corrected chi connectivity index (χ2v) is 15.4. The minimum absolute atomic E-state index is 0.0385. The molecular formula is C42H54N6O5. The summed E-state index contributed by atoms with van der Waals surface area (Å²) in [5, 5.41) is 16.8. The lowest BCUT2D eigenvalue weighted by Crippen LogP contribution is -2.48. The van der Waals surface area contributed by atoms with Crippen molar-refractivity contribution in [2.75, 3.05) is 45.1 Å². The molecule has 0 unspecified atom stereocenters. The van der Waals surface area contributed by atoms with Gasteiger partial charge >= 0.3 is 6.09 Å². The van der Waals surface area contributed by atoms with Crippen molar-refractivity contribution >= 4 is 35.2 Å². The zero-order chi connectivity index (χ0) is 38.1. The number of likely N-dealkylation sites (N-methyl/N-ethyl adjacent to an activating group) is 1. The predicted octanol–water partition coefficient (Wildman–Crippen LogP) is 6.13. The van der Waals surface area contributed by atoms with E-state index in [0.29, 0.717) is 49.4 Å². The Bertz CT molecular complexity index is 1750. The quantitative estimate of drug-likeness (QED) is 0.176. The molecule has 282 valence electrons. The highest BCUT2D eigenvalue weighted by atomic mass is 16.6. The first-order valence-electron chi connectivity index (χ1n) is 18.6. The molecule has 1 heterocycles. The number of anilines is 1. The van der Waals surface area contributed by atoms with E-state index >= 15 is 0 Å². The standard InChI is InChI=1S/C42H54N6O5/c1-28(43)31-17-19-36(20-18-31)45-39(50)37(46-38(49)33-11-9-29(10-12-33)27-44-41(52)53-42(2,3)4)26-30-7-6-8-35(25-30)32-13-15-34(16-14-32)40(51)48-23-21-47(5)22-24-48/h6-8,13-20,25,29,33,37,43H,9-12,21-24,26-27H2,1-5H3,(H,44,52)(H,45,50)(H,46,49)/t29?,33?,37-/m0/s1. The Hall–Kier alpha value is -5.03. The van der Waals surface area contributed by atoms with Gasteiger partial charge in [0.05, 0.1) is 0 Å². The Kier molecular flexibility index (Phi) is 13.1. The maximum atomic E-state index is 13.8. The van der Waals surface area contributed by atoms with Gasteiger partial charge in [0.2, 0.25) is 11.8 Å². The van der Waals surface area contributed by atoms with Crippen LogP contribution in [0.4, 0.5) is 10.5 Å². The summed E-state index contributed by atoms with van der Waals surface area (Å²) in [6.45, 7) is 10.8. The molecule has 4 N–H and O–H groups in total. The molecule has 53 heavy (non-hydrogen) atoms. The molecule has 11 nitrogen and oxygen atoms in total. The Morgan fingerprint density at radius 2 is 1.49 bits per heavy atom. The summed E-state index contributed by atoms with van der Waals surface area (Å²) in [5.41, 5.74) is 4.65. The second-order valence-electron chi connectivity index (χ2n) is 15.4. The number of nitrogens with zero attached hydrogens (tertiary/aromatic N) is 2. The lowest BCUT2D eigenvalue weighted by Gasteiger charge is -2.32. The Morgan fingerprint density at radius 3 is 2.11 bits per heavy atom. The molecule has 1 saturated heterocycles. The third-order valence-corrected chi connectivity index (χ3v) is 9.99. The van der Waals surface area contributed by atoms with Gasteiger partial charge < -0.3 is 35.9 Å². The van der Waals surface area contributed by atoms with Gasteiger partial charge in [-0.2, -0.15) is 0 Å². The van der Waals surface area contributed by atoms with Gasteiger partial charge in [-0.15, -0.1) is 0 Å². The van der Waals surface area contributed by atoms with Crippen molar-refractivity contribution in [1.82, 2.24) is 20.4 Å². The van der Waals surface area contributed by atoms with E-state index in [-0.39, 0.29) is 36.0 Å². The summed E-state index contributed by atoms with van der Waals surface area (Å²) < 4.78 is 5.35. The minimum atomic E-state index is -0.836. The summed E-state index contributed by atoms with van der Waals surface area (Å²) in [7, 11) is 2.06. The van der Waals surface area contributed by atoms with E-state index in [0.717, 1.165) is 48.2 Å². The molecule has 1 atom stereocenters. The van der Waals surface area contributed by atoms with Gasteiger partial charge in [-0.3, -0.25) is 14.4 Å². The number of ether oxygens (including phenoxy) is 1. The average molecular weight is 723 g/mol. The SMILES string of the molecule is CC(=N)c1ccc(NC(=O)[C@H](Cc2cccc(-c3ccc(C(=O)N4CCN(C)CC4)cc3)c2)NC(=O)C2CCC(CNC(=O)OC(C)(C)C)CC2)cc1. The van der Waals surface area contributed by atoms with E-state index in [1.807, 2.05) is 74.2 Å². The lowest BCUT2D eigenvalue weighted by molar-refractivity contribution is -0.130. The average Bonchev–Trinajstić information content (AvgIpc) is 3.13. The molecule has 0 bridgehead atoms. The zero-order valence-electron chi connectivity index (χ0n) is 31.7. The van der Waals surface area contributed by atoms with Crippen LogP contribution in [0.5, 0.6) is 0 Å². The Balaban J connectivity index is 1.25. The number of hydrogen-bond acceptors (Lipinski definition) is 7. The van der Waals surface area contributed by atoms with Crippen LogP contribution < -0.4 is 16.0 Å². The third kappa shape index (κ3) is 11.5. The summed E-state index contributed by atoms with van der Waals surface area (Å²) in [6.07, 6.45) is 2.73. The van der Waals surface area contributed by atoms with Gasteiger partial charge in [0, 0.05) is 62.0 Å². The van der Waals surface area contributed by atoms with E-state index in [1.54, 1.807) is 31.2 Å². The summed E-state index contributed by atoms with van der Waals surface area (Å²) in [6, 6.07) is 21.8. The predicted molar refractivity (Wildman–Crippen MR) is 208 cm³/mol. The van der Waals surface area contributed by atoms with Crippen molar-refractivity contribution in [2.24, 2.45) is 11.8 Å². The molecule has 2 fully saturated rings. The molecule has 1 saturated carbocycles. The van der Waals surface area contributed by atoms with E-state index in [2.05, 4.69) is 27.9 Å². The maximum absolute atomic E-state index is 13.8. The number of carbonyl (C=O) groups is 4. The van der Waals surface area contributed by atoms with Gasteiger partial charge in [0.1, 0.15) is 11.6 Å². The summed E-state index contributed by atoms with van der Waals surface area (Å²) >= 11 is 0. The fourth-order valence-electron chi connectivity index (χ4n) is 6.81. The van der Waals surface area contributed by atoms with E-state index in [1.165, 1.54) is 0 Å². The van der Waals surface area contributed by atoms with Crippen molar-refractivity contribution < 1.29 is 23.9 Å². The molecule has 11 heteroatoms. The zero-order valence-corrected chi connectivity index (χ0v) is 31.7. The highest BCUT2D eigenvalue weighted by molar-refractivity contribution is 5.99. The largest absolute Gasteiger partial charge is 0.444 e. The van der Waals surface area contributed by atoms with Crippen molar-refractivity contribution in [3.63, 3.8) is 0 Å². The molecule has 1 aliphatic carbocycles. The molecule has 0 radical (unpaired) electrons. The van der Waals surface area contributed by atoms with Gasteiger partial charge in [-0.05, 0) is 113 Å². The number of alkyl carbamates (subject to hydrolysis) is 1. The molecule has 3 aromatic rings. The molecule has 1 aliphatic heterocycles. The molecule has 3 aromatic carbocycles. The Morgan fingerprint density at radius 1 is 0.849 bits per heavy atom. The lowest BCUT2D eigenvalue weighted by atomic mass is 9.81. The molecule has 0 aromatic heterocycles. The Labute approximate surface area is 313 Å². The number of nitrogens with one attached hydrogen (secondary N) is 4. The number of piperazine rings is 1. The van der Waals surface area contributed by atoms with Crippen LogP contribution in [-0.4, -0.2) is 90.7 Å². The number of amides is 4. The van der Waals surface area contributed by atoms with Crippen LogP contribution in [0.25, 0.3) is 11.1 Å². The summed E-state index contributed by atoms with van der Waals surface area (Å²) in [5.74, 6) is -0.437. The van der Waals surface area contributed by atoms with E-state index in [9.17, 15) is 19.2 Å². The number of carbonyl (C=O) groups excluding carboxylic acids is 4. The van der Waals surface area contributed by atoms with Gasteiger partial charge in [0.15, 0.2) is 0 Å². The van der Waals surface area contributed by atoms with Gasteiger partial charge in [-0.1, -0.05) is 48.5 Å². The first-order chi connectivity index (χ1) is 25.2. The fraction of sp³-hybridized carbons (Fsp3) is 0.452. The molecule has 4 amide bonds. The first-order valence-corrected chi connectivity index (χ1v) is 18.6. The topological polar surface area (TPSA) is 144 Å². The van der Waals surface area contributed by atoms with Gasteiger partial charge in [0.25, 0.3) is 5.91 Å². The van der Waals surface area contributed by atoms with Crippen molar-refractivity contribution in [1.29, 1.82) is 5.41 Å². The number of benzene rings is 3. The molecule has 0 spiro atoms. The van der Waals surface area contributed by atoms with E-state index < -0.39 is 17.7 Å². The minimum Gasteiger partial charge on any atom is -0.444 e. The molecular weight excluding hydrogens is 668 g/mol. The van der Waals surface area contributed by atoms with Crippen LogP contribution in [0.2, 0.25) is 0 Å². The normalized spacial score (nSPS) is 18.4. The first kappa shape index (κ1) is 39.2. The van der Waals surface area contributed by atoms with Crippen molar-refractivity contribution in [2.45, 2.75) is 71.4 Å². The number of hydrogen-bond donors (Lipinski definition) is 4. The van der Waals surface area contributed by atoms with E-state index in [4.69, 9.17) is 10.1 Å². The van der Waals surface area contributed by atoms with Crippen LogP contribution >= 0.6 is 0 Å². The van der Waals surface area contributed by atoms with Crippen LogP contribution in [0.15, 0.2) is 72.8 Å². The molecule has 2 aliphatic rings. The number of rotatable bonds is 11. The third-order valence-electron chi connectivity index (χ3n) is 9.99. The smallest absolute Gasteiger partial charge is 0.407 e. The maximum Gasteiger partial charge on any atom is 0.407 e. The highest BCUT2D eigenvalue weighted by Gasteiger charge is 2.30. The molecule has 5 rings (SSSR count).